The molecule has 2 atom stereocenters. The summed E-state index contributed by atoms with van der Waals surface area (Å²) < 4.78 is 7.21. The van der Waals surface area contributed by atoms with Crippen LogP contribution in [0.2, 0.25) is 0 Å². The molecule has 33 heavy (non-hydrogen) atoms. The lowest BCUT2D eigenvalue weighted by molar-refractivity contribution is 0.0130. The van der Waals surface area contributed by atoms with Crippen molar-refractivity contribution in [3.8, 4) is 17.6 Å². The molecule has 0 radical (unpaired) electrons. The van der Waals surface area contributed by atoms with Crippen LogP contribution in [0.1, 0.15) is 40.2 Å². The number of hydrogen-bond donors (Lipinski definition) is 1. The molecular formula is C23H27N7O3. The number of amides is 1. The normalized spacial score (nSPS) is 18.9. The van der Waals surface area contributed by atoms with Crippen LogP contribution in [-0.4, -0.2) is 66.4 Å². The number of nitrogens with zero attached hydrogens (tertiary/aromatic N) is 7. The van der Waals surface area contributed by atoms with Crippen molar-refractivity contribution < 1.29 is 14.6 Å². The summed E-state index contributed by atoms with van der Waals surface area (Å²) >= 11 is 0. The minimum atomic E-state index is -0.568. The van der Waals surface area contributed by atoms with Gasteiger partial charge in [-0.25, -0.2) is 19.7 Å². The Labute approximate surface area is 192 Å². The summed E-state index contributed by atoms with van der Waals surface area (Å²) in [4.78, 5) is 29.6. The highest BCUT2D eigenvalue weighted by Crippen LogP contribution is 2.36. The summed E-state index contributed by atoms with van der Waals surface area (Å²) in [5.41, 5.74) is 0.368. The van der Waals surface area contributed by atoms with Gasteiger partial charge in [-0.05, 0) is 46.8 Å². The van der Waals surface area contributed by atoms with Crippen molar-refractivity contribution in [1.82, 2.24) is 24.4 Å². The molecule has 3 aromatic heterocycles. The van der Waals surface area contributed by atoms with Crippen molar-refractivity contribution in [1.29, 1.82) is 5.26 Å². The Morgan fingerprint density at radius 2 is 1.97 bits per heavy atom. The number of carbonyl (C=O) groups is 1. The number of piperazine rings is 1. The number of pyridine rings is 1. The number of fused-ring (bicyclic) bond motifs is 1. The molecule has 0 saturated carbocycles. The molecule has 0 aliphatic carbocycles. The third-order valence-corrected chi connectivity index (χ3v) is 5.55. The molecule has 3 aromatic rings. The van der Waals surface area contributed by atoms with Crippen LogP contribution in [0, 0.1) is 11.3 Å². The van der Waals surface area contributed by atoms with E-state index < -0.39 is 5.60 Å². The van der Waals surface area contributed by atoms with Crippen LogP contribution in [0.15, 0.2) is 30.9 Å². The van der Waals surface area contributed by atoms with Gasteiger partial charge in [0.2, 0.25) is 0 Å². The fourth-order valence-corrected chi connectivity index (χ4v) is 4.04. The third-order valence-electron chi connectivity index (χ3n) is 5.55. The maximum absolute atomic E-state index is 12.7. The van der Waals surface area contributed by atoms with E-state index in [-0.39, 0.29) is 23.9 Å². The largest absolute Gasteiger partial charge is 0.505 e. The van der Waals surface area contributed by atoms with Crippen molar-refractivity contribution in [2.24, 2.45) is 0 Å². The van der Waals surface area contributed by atoms with Gasteiger partial charge in [-0.15, -0.1) is 0 Å². The number of anilines is 1. The van der Waals surface area contributed by atoms with E-state index in [1.54, 1.807) is 27.8 Å². The van der Waals surface area contributed by atoms with Crippen LogP contribution >= 0.6 is 0 Å². The van der Waals surface area contributed by atoms with Gasteiger partial charge in [0.05, 0.1) is 17.8 Å². The van der Waals surface area contributed by atoms with E-state index in [0.717, 1.165) is 0 Å². The van der Waals surface area contributed by atoms with Crippen molar-refractivity contribution in [3.05, 3.63) is 36.4 Å². The Bertz CT molecular complexity index is 1240. The number of ether oxygens (including phenoxy) is 1. The first-order chi connectivity index (χ1) is 15.6. The minimum absolute atomic E-state index is 0.0131. The van der Waals surface area contributed by atoms with Gasteiger partial charge in [0.25, 0.3) is 0 Å². The molecule has 1 fully saturated rings. The standard InChI is InChI=1S/C23H27N7O3/c1-14-11-29(22(32)33-23(3,4)5)15(2)10-28(14)20-19-17(31)12-30(21(19)27-13-26-20)18-8-16(9-24)6-7-25-18/h6-8,12-15,31H,10-11H2,1-5H3/t14-,15+/m0/s1. The number of hydrogen-bond acceptors (Lipinski definition) is 8. The van der Waals surface area contributed by atoms with Crippen LogP contribution in [0.4, 0.5) is 10.6 Å². The molecule has 10 heteroatoms. The molecule has 10 nitrogen and oxygen atoms in total. The summed E-state index contributed by atoms with van der Waals surface area (Å²) in [7, 11) is 0. The summed E-state index contributed by atoms with van der Waals surface area (Å²) in [5.74, 6) is 1.07. The van der Waals surface area contributed by atoms with Crippen LogP contribution in [0.5, 0.6) is 5.75 Å². The average Bonchev–Trinajstić information content (AvgIpc) is 3.11. The number of carbonyl (C=O) groups excluding carboxylic acids is 1. The van der Waals surface area contributed by atoms with Gasteiger partial charge in [0.1, 0.15) is 34.7 Å². The Morgan fingerprint density at radius 1 is 1.21 bits per heavy atom. The summed E-state index contributed by atoms with van der Waals surface area (Å²) in [6.45, 7) is 10.5. The molecule has 0 spiro atoms. The lowest BCUT2D eigenvalue weighted by Gasteiger charge is -2.44. The highest BCUT2D eigenvalue weighted by atomic mass is 16.6. The van der Waals surface area contributed by atoms with E-state index in [1.165, 1.54) is 12.5 Å². The van der Waals surface area contributed by atoms with Crippen LogP contribution < -0.4 is 4.90 Å². The third kappa shape index (κ3) is 4.26. The lowest BCUT2D eigenvalue weighted by Crippen LogP contribution is -2.59. The molecular weight excluding hydrogens is 422 g/mol. The lowest BCUT2D eigenvalue weighted by atomic mass is 10.1. The molecule has 172 valence electrons. The number of aromatic nitrogens is 4. The van der Waals surface area contributed by atoms with Gasteiger partial charge in [-0.1, -0.05) is 0 Å². The highest BCUT2D eigenvalue weighted by molar-refractivity contribution is 5.94. The quantitative estimate of drug-likeness (QED) is 0.633. The van der Waals surface area contributed by atoms with Gasteiger partial charge in [0, 0.05) is 31.4 Å². The number of rotatable bonds is 2. The van der Waals surface area contributed by atoms with Gasteiger partial charge >= 0.3 is 6.09 Å². The maximum atomic E-state index is 12.7. The molecule has 0 unspecified atom stereocenters. The van der Waals surface area contributed by atoms with E-state index in [4.69, 9.17) is 4.74 Å². The van der Waals surface area contributed by atoms with Crippen LogP contribution in [0.25, 0.3) is 16.9 Å². The molecule has 1 aliphatic rings. The molecule has 0 aromatic carbocycles. The predicted molar refractivity (Wildman–Crippen MR) is 122 cm³/mol. The van der Waals surface area contributed by atoms with Gasteiger partial charge < -0.3 is 19.6 Å². The predicted octanol–water partition coefficient (Wildman–Crippen LogP) is 3.23. The zero-order valence-electron chi connectivity index (χ0n) is 19.3. The van der Waals surface area contributed by atoms with E-state index in [0.29, 0.717) is 41.3 Å². The fourth-order valence-electron chi connectivity index (χ4n) is 4.04. The molecule has 1 saturated heterocycles. The van der Waals surface area contributed by atoms with E-state index >= 15 is 0 Å². The number of aromatic hydroxyl groups is 1. The zero-order chi connectivity index (χ0) is 23.9. The SMILES string of the molecule is C[C@@H]1CN(c2ncnc3c2c(O)cn3-c2cc(C#N)ccn2)[C@@H](C)CN1C(=O)OC(C)(C)C. The monoisotopic (exact) mass is 449 g/mol. The van der Waals surface area contributed by atoms with Crippen molar-refractivity contribution in [2.45, 2.75) is 52.3 Å². The van der Waals surface area contributed by atoms with Gasteiger partial charge in [-0.2, -0.15) is 5.26 Å². The number of nitriles is 1. The first kappa shape index (κ1) is 22.3. The second kappa shape index (κ2) is 8.24. The Morgan fingerprint density at radius 3 is 2.67 bits per heavy atom. The zero-order valence-corrected chi connectivity index (χ0v) is 19.3. The topological polar surface area (TPSA) is 120 Å². The molecule has 1 N–H and O–H groups in total. The fraction of sp³-hybridized carbons (Fsp3) is 0.435. The van der Waals surface area contributed by atoms with Crippen LogP contribution in [-0.2, 0) is 4.74 Å². The van der Waals surface area contributed by atoms with Gasteiger partial charge in [-0.3, -0.25) is 4.57 Å². The molecule has 4 rings (SSSR count). The van der Waals surface area contributed by atoms with E-state index in [1.807, 2.05) is 34.6 Å². The first-order valence-corrected chi connectivity index (χ1v) is 10.8. The van der Waals surface area contributed by atoms with Crippen molar-refractivity contribution >= 4 is 22.9 Å². The van der Waals surface area contributed by atoms with Crippen LogP contribution in [0.3, 0.4) is 0 Å². The highest BCUT2D eigenvalue weighted by Gasteiger charge is 2.36. The summed E-state index contributed by atoms with van der Waals surface area (Å²) in [6.07, 6.45) is 4.17. The molecule has 1 amide bonds. The van der Waals surface area contributed by atoms with Gasteiger partial charge in [0.15, 0.2) is 5.65 Å². The summed E-state index contributed by atoms with van der Waals surface area (Å²) in [6, 6.07) is 5.14. The Kier molecular flexibility index (Phi) is 5.57. The first-order valence-electron chi connectivity index (χ1n) is 10.8. The maximum Gasteiger partial charge on any atom is 0.410 e. The Balaban J connectivity index is 1.69. The Hall–Kier alpha value is -3.87. The smallest absolute Gasteiger partial charge is 0.410 e. The minimum Gasteiger partial charge on any atom is -0.505 e. The molecule has 1 aliphatic heterocycles. The molecule has 4 heterocycles. The second-order valence-corrected chi connectivity index (χ2v) is 9.28. The average molecular weight is 450 g/mol. The van der Waals surface area contributed by atoms with E-state index in [9.17, 15) is 15.2 Å². The van der Waals surface area contributed by atoms with E-state index in [2.05, 4.69) is 25.9 Å². The molecule has 0 bridgehead atoms. The van der Waals surface area contributed by atoms with Crippen molar-refractivity contribution in [3.63, 3.8) is 0 Å². The second-order valence-electron chi connectivity index (χ2n) is 9.28. The van der Waals surface area contributed by atoms with Crippen molar-refractivity contribution in [2.75, 3.05) is 18.0 Å². The summed E-state index contributed by atoms with van der Waals surface area (Å²) in [5, 5.41) is 20.5.